The molecule has 0 bridgehead atoms. The monoisotopic (exact) mass is 319 g/mol. The molecule has 1 aromatic rings. The Labute approximate surface area is 129 Å². The second kappa shape index (κ2) is 7.25. The molecule has 0 aromatic carbocycles. The molecule has 2 atom stereocenters. The third kappa shape index (κ3) is 3.63. The molecule has 0 radical (unpaired) electrons. The summed E-state index contributed by atoms with van der Waals surface area (Å²) in [6.45, 7) is 5.04. The first-order valence-electron chi connectivity index (χ1n) is 6.86. The van der Waals surface area contributed by atoms with Gasteiger partial charge in [0.05, 0.1) is 16.4 Å². The fourth-order valence-electron chi connectivity index (χ4n) is 2.32. The Balaban J connectivity index is 2.10. The molecule has 1 aromatic heterocycles. The van der Waals surface area contributed by atoms with Crippen molar-refractivity contribution in [1.29, 1.82) is 0 Å². The van der Waals surface area contributed by atoms with Crippen LogP contribution in [-0.4, -0.2) is 38.3 Å². The number of nitrogens with zero attached hydrogens (tertiary/aromatic N) is 2. The zero-order valence-electron chi connectivity index (χ0n) is 11.6. The maximum Gasteiger partial charge on any atom is 0.0850 e. The molecule has 1 aliphatic rings. The van der Waals surface area contributed by atoms with E-state index in [1.807, 2.05) is 28.2 Å². The van der Waals surface area contributed by atoms with Crippen molar-refractivity contribution in [2.75, 3.05) is 17.3 Å². The molecule has 0 amide bonds. The van der Waals surface area contributed by atoms with Crippen molar-refractivity contribution in [3.63, 3.8) is 0 Å². The molecule has 2 N–H and O–H groups in total. The van der Waals surface area contributed by atoms with Gasteiger partial charge in [0, 0.05) is 41.5 Å². The molecule has 1 fully saturated rings. The van der Waals surface area contributed by atoms with Crippen LogP contribution in [0.4, 0.5) is 0 Å². The van der Waals surface area contributed by atoms with Gasteiger partial charge >= 0.3 is 0 Å². The third-order valence-electron chi connectivity index (χ3n) is 3.44. The summed E-state index contributed by atoms with van der Waals surface area (Å²) < 4.78 is 2.02. The van der Waals surface area contributed by atoms with Gasteiger partial charge in [0.2, 0.25) is 0 Å². The first kappa shape index (κ1) is 15.5. The van der Waals surface area contributed by atoms with Gasteiger partial charge in [-0.25, -0.2) is 0 Å². The van der Waals surface area contributed by atoms with Crippen LogP contribution < -0.4 is 5.73 Å². The first-order valence-corrected chi connectivity index (χ1v) is 9.44. The van der Waals surface area contributed by atoms with Crippen molar-refractivity contribution in [2.24, 2.45) is 5.73 Å². The molecule has 0 aliphatic carbocycles. The fraction of sp³-hybridized carbons (Fsp3) is 0.769. The summed E-state index contributed by atoms with van der Waals surface area (Å²) >= 11 is 10.5. The van der Waals surface area contributed by atoms with Crippen LogP contribution in [-0.2, 0) is 19.4 Å². The van der Waals surface area contributed by atoms with Crippen LogP contribution in [0.15, 0.2) is 0 Å². The van der Waals surface area contributed by atoms with Crippen molar-refractivity contribution in [1.82, 2.24) is 9.78 Å². The van der Waals surface area contributed by atoms with E-state index in [1.165, 1.54) is 11.5 Å². The van der Waals surface area contributed by atoms with Crippen molar-refractivity contribution in [3.8, 4) is 0 Å². The predicted octanol–water partition coefficient (Wildman–Crippen LogP) is 2.84. The molecule has 108 valence electrons. The Bertz CT molecular complexity index is 416. The number of nitrogens with two attached hydrogens (primary N) is 1. The Morgan fingerprint density at radius 2 is 2.26 bits per heavy atom. The summed E-state index contributed by atoms with van der Waals surface area (Å²) in [5.74, 6) is 3.62. The van der Waals surface area contributed by atoms with E-state index in [0.717, 1.165) is 41.5 Å². The van der Waals surface area contributed by atoms with E-state index in [0.29, 0.717) is 5.25 Å². The number of hydrogen-bond donors (Lipinski definition) is 1. The van der Waals surface area contributed by atoms with E-state index in [-0.39, 0.29) is 6.04 Å². The molecule has 6 heteroatoms. The minimum atomic E-state index is 0.169. The lowest BCUT2D eigenvalue weighted by atomic mass is 10.1. The summed E-state index contributed by atoms with van der Waals surface area (Å²) in [5, 5.41) is 5.93. The standard InChI is InChI=1S/C13H22ClN3S2/c1-3-10-13(14)11(17(4-2)16-10)7-9(15)12-8-18-5-6-19-12/h9,12H,3-8,15H2,1-2H3. The molecule has 2 unspecified atom stereocenters. The predicted molar refractivity (Wildman–Crippen MR) is 87.5 cm³/mol. The molecule has 2 rings (SSSR count). The SMILES string of the molecule is CCc1nn(CC)c(CC(N)C2CSCCS2)c1Cl. The number of thioether (sulfide) groups is 2. The van der Waals surface area contributed by atoms with Crippen molar-refractivity contribution < 1.29 is 0 Å². The highest BCUT2D eigenvalue weighted by atomic mass is 35.5. The Hall–Kier alpha value is 0.160. The van der Waals surface area contributed by atoms with Crippen LogP contribution >= 0.6 is 35.1 Å². The van der Waals surface area contributed by atoms with Gasteiger partial charge in [0.15, 0.2) is 0 Å². The smallest absolute Gasteiger partial charge is 0.0850 e. The molecule has 3 nitrogen and oxygen atoms in total. The molecule has 0 saturated carbocycles. The average molecular weight is 320 g/mol. The average Bonchev–Trinajstić information content (AvgIpc) is 2.76. The molecule has 2 heterocycles. The maximum absolute atomic E-state index is 6.44. The molecule has 1 saturated heterocycles. The summed E-state index contributed by atoms with van der Waals surface area (Å²) in [5.41, 5.74) is 8.50. The van der Waals surface area contributed by atoms with E-state index in [9.17, 15) is 0 Å². The van der Waals surface area contributed by atoms with E-state index in [4.69, 9.17) is 17.3 Å². The summed E-state index contributed by atoms with van der Waals surface area (Å²) in [7, 11) is 0. The summed E-state index contributed by atoms with van der Waals surface area (Å²) in [4.78, 5) is 0. The van der Waals surface area contributed by atoms with E-state index in [2.05, 4.69) is 18.9 Å². The Morgan fingerprint density at radius 3 is 2.84 bits per heavy atom. The van der Waals surface area contributed by atoms with Crippen LogP contribution in [0.25, 0.3) is 0 Å². The normalized spacial score (nSPS) is 21.6. The number of aromatic nitrogens is 2. The maximum atomic E-state index is 6.44. The zero-order valence-corrected chi connectivity index (χ0v) is 14.0. The van der Waals surface area contributed by atoms with Crippen molar-refractivity contribution in [2.45, 2.75) is 44.5 Å². The van der Waals surface area contributed by atoms with Crippen LogP contribution in [0.2, 0.25) is 5.02 Å². The van der Waals surface area contributed by atoms with Gasteiger partial charge in [-0.05, 0) is 13.3 Å². The van der Waals surface area contributed by atoms with Gasteiger partial charge < -0.3 is 5.73 Å². The van der Waals surface area contributed by atoms with E-state index < -0.39 is 0 Å². The quantitative estimate of drug-likeness (QED) is 0.906. The number of halogens is 1. The molecule has 19 heavy (non-hydrogen) atoms. The lowest BCUT2D eigenvalue weighted by molar-refractivity contribution is 0.573. The molecule has 1 aliphatic heterocycles. The highest BCUT2D eigenvalue weighted by Crippen LogP contribution is 2.29. The Morgan fingerprint density at radius 1 is 1.47 bits per heavy atom. The van der Waals surface area contributed by atoms with Gasteiger partial charge in [-0.2, -0.15) is 28.6 Å². The second-order valence-corrected chi connectivity index (χ2v) is 7.60. The zero-order chi connectivity index (χ0) is 13.8. The lowest BCUT2D eigenvalue weighted by Crippen LogP contribution is -2.38. The van der Waals surface area contributed by atoms with Crippen molar-refractivity contribution in [3.05, 3.63) is 16.4 Å². The van der Waals surface area contributed by atoms with Crippen LogP contribution in [0.5, 0.6) is 0 Å². The third-order valence-corrected chi connectivity index (χ3v) is 6.82. The summed E-state index contributed by atoms with van der Waals surface area (Å²) in [6.07, 6.45) is 1.71. The number of hydrogen-bond acceptors (Lipinski definition) is 4. The number of aryl methyl sites for hydroxylation is 2. The van der Waals surface area contributed by atoms with Gasteiger partial charge in [-0.3, -0.25) is 4.68 Å². The molecule has 0 spiro atoms. The van der Waals surface area contributed by atoms with E-state index in [1.54, 1.807) is 0 Å². The lowest BCUT2D eigenvalue weighted by Gasteiger charge is -2.26. The second-order valence-electron chi connectivity index (χ2n) is 4.73. The first-order chi connectivity index (χ1) is 9.17. The van der Waals surface area contributed by atoms with Gasteiger partial charge in [-0.15, -0.1) is 0 Å². The molecular weight excluding hydrogens is 298 g/mol. The van der Waals surface area contributed by atoms with Crippen LogP contribution in [0.1, 0.15) is 25.2 Å². The summed E-state index contributed by atoms with van der Waals surface area (Å²) in [6, 6.07) is 0.169. The Kier molecular flexibility index (Phi) is 5.93. The van der Waals surface area contributed by atoms with Gasteiger partial charge in [0.25, 0.3) is 0 Å². The van der Waals surface area contributed by atoms with Crippen LogP contribution in [0, 0.1) is 0 Å². The molecular formula is C13H22ClN3S2. The topological polar surface area (TPSA) is 43.8 Å². The highest BCUT2D eigenvalue weighted by molar-refractivity contribution is 8.06. The fourth-order valence-corrected chi connectivity index (χ4v) is 5.49. The highest BCUT2D eigenvalue weighted by Gasteiger charge is 2.25. The van der Waals surface area contributed by atoms with Crippen LogP contribution in [0.3, 0.4) is 0 Å². The van der Waals surface area contributed by atoms with E-state index >= 15 is 0 Å². The van der Waals surface area contributed by atoms with Crippen molar-refractivity contribution >= 4 is 35.1 Å². The van der Waals surface area contributed by atoms with Gasteiger partial charge in [-0.1, -0.05) is 18.5 Å². The van der Waals surface area contributed by atoms with Gasteiger partial charge in [0.1, 0.15) is 0 Å². The minimum Gasteiger partial charge on any atom is -0.326 e. The minimum absolute atomic E-state index is 0.169. The largest absolute Gasteiger partial charge is 0.326 e. The number of rotatable bonds is 5.